The van der Waals surface area contributed by atoms with Crippen molar-refractivity contribution in [1.82, 2.24) is 10.6 Å². The molecule has 0 bridgehead atoms. The van der Waals surface area contributed by atoms with E-state index in [2.05, 4.69) is 10.6 Å². The third-order valence-electron chi connectivity index (χ3n) is 2.41. The van der Waals surface area contributed by atoms with E-state index in [9.17, 15) is 9.18 Å². The van der Waals surface area contributed by atoms with Gasteiger partial charge in [0, 0.05) is 13.5 Å². The van der Waals surface area contributed by atoms with Crippen molar-refractivity contribution in [3.63, 3.8) is 0 Å². The molecule has 0 saturated heterocycles. The Morgan fingerprint density at radius 3 is 2.95 bits per heavy atom. The highest BCUT2D eigenvalue weighted by atomic mass is 32.1. The van der Waals surface area contributed by atoms with Gasteiger partial charge in [0.25, 0.3) is 0 Å². The van der Waals surface area contributed by atoms with Gasteiger partial charge in [0.1, 0.15) is 12.7 Å². The molecule has 0 fully saturated rings. The maximum Gasteiger partial charge on any atom is 0.302 e. The second-order valence-electron chi connectivity index (χ2n) is 4.11. The number of hydrogen-bond donors (Lipinski definition) is 2. The Balaban J connectivity index is 2.22. The van der Waals surface area contributed by atoms with Crippen molar-refractivity contribution in [2.45, 2.75) is 25.5 Å². The van der Waals surface area contributed by atoms with E-state index in [0.717, 1.165) is 0 Å². The largest absolute Gasteiger partial charge is 0.463 e. The van der Waals surface area contributed by atoms with E-state index in [0.29, 0.717) is 24.7 Å². The maximum absolute atomic E-state index is 11.9. The van der Waals surface area contributed by atoms with Crippen LogP contribution in [0.15, 0.2) is 12.2 Å². The van der Waals surface area contributed by atoms with Gasteiger partial charge in [-0.2, -0.15) is 0 Å². The molecule has 0 unspecified atom stereocenters. The normalized spacial score (nSPS) is 21.8. The minimum atomic E-state index is -0.361. The highest BCUT2D eigenvalue weighted by molar-refractivity contribution is 7.80. The van der Waals surface area contributed by atoms with Gasteiger partial charge in [-0.15, -0.1) is 0 Å². The first-order valence-electron chi connectivity index (χ1n) is 6.15. The molecule has 7 heteroatoms. The maximum atomic E-state index is 11.9. The zero-order chi connectivity index (χ0) is 14.1. The predicted molar refractivity (Wildman–Crippen MR) is 73.6 cm³/mol. The molecule has 0 aromatic rings. The molecular weight excluding hydrogens is 271 g/mol. The van der Waals surface area contributed by atoms with Crippen LogP contribution >= 0.6 is 12.2 Å². The van der Waals surface area contributed by atoms with Crippen LogP contribution in [-0.2, 0) is 14.3 Å². The Morgan fingerprint density at radius 1 is 1.58 bits per heavy atom. The summed E-state index contributed by atoms with van der Waals surface area (Å²) in [5, 5.41) is 6.42. The zero-order valence-corrected chi connectivity index (χ0v) is 11.7. The number of carbonyl (C=O) groups is 1. The Labute approximate surface area is 117 Å². The third kappa shape index (κ3) is 7.07. The van der Waals surface area contributed by atoms with E-state index in [4.69, 9.17) is 21.7 Å². The van der Waals surface area contributed by atoms with Crippen molar-refractivity contribution >= 4 is 23.3 Å². The second-order valence-corrected chi connectivity index (χ2v) is 4.52. The van der Waals surface area contributed by atoms with Gasteiger partial charge in [0.15, 0.2) is 5.11 Å². The summed E-state index contributed by atoms with van der Waals surface area (Å²) in [6.45, 7) is 2.16. The summed E-state index contributed by atoms with van der Waals surface area (Å²) >= 11 is 5.06. The number of esters is 1. The fourth-order valence-electron chi connectivity index (χ4n) is 1.48. The summed E-state index contributed by atoms with van der Waals surface area (Å²) in [6, 6.07) is -0.0287. The fourth-order valence-corrected chi connectivity index (χ4v) is 1.73. The minimum absolute atomic E-state index is 0.0287. The quantitative estimate of drug-likeness (QED) is 0.325. The first-order valence-corrected chi connectivity index (χ1v) is 6.56. The molecule has 5 nitrogen and oxygen atoms in total. The lowest BCUT2D eigenvalue weighted by atomic mass is 10.2. The van der Waals surface area contributed by atoms with Crippen molar-refractivity contribution in [1.29, 1.82) is 0 Å². The van der Waals surface area contributed by atoms with Gasteiger partial charge in [0.2, 0.25) is 0 Å². The molecule has 2 N–H and O–H groups in total. The Kier molecular flexibility index (Phi) is 7.35. The standard InChI is InChI=1S/C12H19FN2O3S/c1-9(16)17-8-11-4-3-10(7-18-11)15-12(19)14-6-2-5-13/h3-4,10-11H,2,5-8H2,1H3,(H2,14,15,19)/t10-,11-/m1/s1. The Hall–Kier alpha value is -1.21. The van der Waals surface area contributed by atoms with Crippen LogP contribution < -0.4 is 10.6 Å². The molecule has 0 aromatic carbocycles. The molecule has 1 heterocycles. The number of halogens is 1. The van der Waals surface area contributed by atoms with E-state index in [-0.39, 0.29) is 31.4 Å². The molecule has 19 heavy (non-hydrogen) atoms. The second kappa shape index (κ2) is 8.82. The third-order valence-corrected chi connectivity index (χ3v) is 2.67. The molecule has 1 rings (SSSR count). The highest BCUT2D eigenvalue weighted by Crippen LogP contribution is 2.06. The SMILES string of the molecule is CC(=O)OC[C@H]1C=C[C@@H](NC(=S)NCCCF)CO1. The minimum Gasteiger partial charge on any atom is -0.463 e. The van der Waals surface area contributed by atoms with Crippen molar-refractivity contribution in [2.24, 2.45) is 0 Å². The molecule has 0 spiro atoms. The number of carbonyl (C=O) groups excluding carboxylic acids is 1. The summed E-state index contributed by atoms with van der Waals surface area (Å²) in [5.74, 6) is -0.324. The summed E-state index contributed by atoms with van der Waals surface area (Å²) in [7, 11) is 0. The van der Waals surface area contributed by atoms with Crippen LogP contribution in [-0.4, -0.2) is 49.7 Å². The number of alkyl halides is 1. The molecule has 0 aliphatic carbocycles. The number of thiocarbonyl (C=S) groups is 1. The van der Waals surface area contributed by atoms with Crippen LogP contribution in [0.4, 0.5) is 4.39 Å². The van der Waals surface area contributed by atoms with Crippen LogP contribution in [0.25, 0.3) is 0 Å². The van der Waals surface area contributed by atoms with Crippen molar-refractivity contribution in [3.8, 4) is 0 Å². The van der Waals surface area contributed by atoms with Gasteiger partial charge in [-0.1, -0.05) is 12.2 Å². The molecule has 1 aliphatic heterocycles. The molecule has 0 aromatic heterocycles. The topological polar surface area (TPSA) is 59.6 Å². The summed E-state index contributed by atoms with van der Waals surface area (Å²) in [6.07, 6.45) is 3.97. The van der Waals surface area contributed by atoms with Crippen LogP contribution in [0, 0.1) is 0 Å². The lowest BCUT2D eigenvalue weighted by Gasteiger charge is -2.25. The number of nitrogens with one attached hydrogen (secondary N) is 2. The number of ether oxygens (including phenoxy) is 2. The van der Waals surface area contributed by atoms with Crippen LogP contribution in [0.1, 0.15) is 13.3 Å². The van der Waals surface area contributed by atoms with Gasteiger partial charge in [-0.25, -0.2) is 0 Å². The summed E-state index contributed by atoms with van der Waals surface area (Å²) in [4.78, 5) is 10.7. The number of rotatable bonds is 6. The average molecular weight is 290 g/mol. The van der Waals surface area contributed by atoms with E-state index < -0.39 is 0 Å². The molecule has 1 aliphatic rings. The molecule has 0 saturated carbocycles. The van der Waals surface area contributed by atoms with Gasteiger partial charge < -0.3 is 20.1 Å². The molecule has 0 radical (unpaired) electrons. The smallest absolute Gasteiger partial charge is 0.302 e. The molecule has 108 valence electrons. The van der Waals surface area contributed by atoms with E-state index >= 15 is 0 Å². The van der Waals surface area contributed by atoms with Gasteiger partial charge in [0.05, 0.1) is 19.3 Å². The lowest BCUT2D eigenvalue weighted by Crippen LogP contribution is -2.45. The summed E-state index contributed by atoms with van der Waals surface area (Å²) in [5.41, 5.74) is 0. The molecule has 2 atom stereocenters. The van der Waals surface area contributed by atoms with Crippen molar-refractivity contribution in [3.05, 3.63) is 12.2 Å². The Morgan fingerprint density at radius 2 is 2.37 bits per heavy atom. The van der Waals surface area contributed by atoms with E-state index in [1.165, 1.54) is 6.92 Å². The fraction of sp³-hybridized carbons (Fsp3) is 0.667. The van der Waals surface area contributed by atoms with Gasteiger partial charge in [-0.05, 0) is 18.6 Å². The first-order chi connectivity index (χ1) is 9.11. The van der Waals surface area contributed by atoms with Crippen LogP contribution in [0.2, 0.25) is 0 Å². The number of hydrogen-bond acceptors (Lipinski definition) is 4. The first kappa shape index (κ1) is 15.8. The molecule has 0 amide bonds. The van der Waals surface area contributed by atoms with Gasteiger partial charge >= 0.3 is 5.97 Å². The van der Waals surface area contributed by atoms with Crippen LogP contribution in [0.3, 0.4) is 0 Å². The van der Waals surface area contributed by atoms with Crippen LogP contribution in [0.5, 0.6) is 0 Å². The predicted octanol–water partition coefficient (Wildman–Crippen LogP) is 0.697. The van der Waals surface area contributed by atoms with Gasteiger partial charge in [-0.3, -0.25) is 9.18 Å². The average Bonchev–Trinajstić information content (AvgIpc) is 2.38. The lowest BCUT2D eigenvalue weighted by molar-refractivity contribution is -0.144. The zero-order valence-electron chi connectivity index (χ0n) is 10.9. The van der Waals surface area contributed by atoms with E-state index in [1.807, 2.05) is 12.2 Å². The highest BCUT2D eigenvalue weighted by Gasteiger charge is 2.17. The Bertz CT molecular complexity index is 339. The molecular formula is C12H19FN2O3S. The van der Waals surface area contributed by atoms with Crippen molar-refractivity contribution in [2.75, 3.05) is 26.4 Å². The van der Waals surface area contributed by atoms with Crippen molar-refractivity contribution < 1.29 is 18.7 Å². The summed E-state index contributed by atoms with van der Waals surface area (Å²) < 4.78 is 22.3. The van der Waals surface area contributed by atoms with E-state index in [1.54, 1.807) is 0 Å². The monoisotopic (exact) mass is 290 g/mol.